The van der Waals surface area contributed by atoms with Crippen molar-refractivity contribution < 1.29 is 17.7 Å². The lowest BCUT2D eigenvalue weighted by Crippen LogP contribution is -2.23. The molecule has 0 bridgehead atoms. The number of methoxy groups -OCH3 is 1. The van der Waals surface area contributed by atoms with E-state index in [0.717, 1.165) is 24.8 Å². The van der Waals surface area contributed by atoms with Gasteiger partial charge in [0.2, 0.25) is 10.0 Å². The lowest BCUT2D eigenvalue weighted by atomic mass is 10.1. The minimum atomic E-state index is -3.56. The van der Waals surface area contributed by atoms with E-state index in [2.05, 4.69) is 9.88 Å². The van der Waals surface area contributed by atoms with Crippen LogP contribution in [0.2, 0.25) is 0 Å². The number of nitrogens with zero attached hydrogens (tertiary/aromatic N) is 1. The Hall–Kier alpha value is -1.86. The first-order chi connectivity index (χ1) is 10.1. The van der Waals surface area contributed by atoms with Gasteiger partial charge in [0.05, 0.1) is 18.6 Å². The molecule has 0 saturated carbocycles. The number of rotatable bonds is 5. The maximum Gasteiger partial charge on any atom is 0.254 e. The normalized spacial score (nSPS) is 14.1. The van der Waals surface area contributed by atoms with Gasteiger partial charge in [0.25, 0.3) is 5.88 Å². The molecule has 2 aromatic rings. The van der Waals surface area contributed by atoms with E-state index in [0.29, 0.717) is 11.6 Å². The summed E-state index contributed by atoms with van der Waals surface area (Å²) < 4.78 is 36.9. The maximum absolute atomic E-state index is 12.3. The summed E-state index contributed by atoms with van der Waals surface area (Å²) >= 11 is 0. The van der Waals surface area contributed by atoms with Gasteiger partial charge in [-0.05, 0) is 47.7 Å². The Balaban J connectivity index is 1.74. The fourth-order valence-corrected chi connectivity index (χ4v) is 3.48. The number of sulfonamides is 1. The summed E-state index contributed by atoms with van der Waals surface area (Å²) in [5, 5.41) is 3.62. The Morgan fingerprint density at radius 3 is 2.86 bits per heavy atom. The third kappa shape index (κ3) is 2.93. The first kappa shape index (κ1) is 14.1. The lowest BCUT2D eigenvalue weighted by Gasteiger charge is -2.07. The molecule has 1 aromatic heterocycles. The zero-order chi connectivity index (χ0) is 14.9. The highest BCUT2D eigenvalue weighted by Crippen LogP contribution is 2.24. The standard InChI is InChI=1S/C14H16N2O4S/c1-19-14-8-12(20-16-14)9-15-21(17,18)13-6-5-10-3-2-4-11(10)7-13/h5-8,15H,2-4,9H2,1H3. The van der Waals surface area contributed by atoms with Crippen molar-refractivity contribution in [3.8, 4) is 5.88 Å². The minimum Gasteiger partial charge on any atom is -0.479 e. The fourth-order valence-electron chi connectivity index (χ4n) is 2.44. The predicted molar refractivity (Wildman–Crippen MR) is 75.5 cm³/mol. The van der Waals surface area contributed by atoms with Gasteiger partial charge < -0.3 is 9.26 Å². The van der Waals surface area contributed by atoms with Crippen molar-refractivity contribution in [1.82, 2.24) is 9.88 Å². The summed E-state index contributed by atoms with van der Waals surface area (Å²) in [4.78, 5) is 0.287. The molecule has 1 aliphatic carbocycles. The van der Waals surface area contributed by atoms with Crippen molar-refractivity contribution in [2.24, 2.45) is 0 Å². The predicted octanol–water partition coefficient (Wildman–Crippen LogP) is 1.65. The van der Waals surface area contributed by atoms with Crippen LogP contribution in [0.5, 0.6) is 5.88 Å². The van der Waals surface area contributed by atoms with E-state index >= 15 is 0 Å². The van der Waals surface area contributed by atoms with Crippen LogP contribution in [-0.2, 0) is 29.4 Å². The van der Waals surface area contributed by atoms with Gasteiger partial charge in [0, 0.05) is 6.07 Å². The average molecular weight is 308 g/mol. The van der Waals surface area contributed by atoms with Gasteiger partial charge in [0.15, 0.2) is 5.76 Å². The molecule has 1 N–H and O–H groups in total. The molecule has 1 aliphatic rings. The van der Waals surface area contributed by atoms with Gasteiger partial charge in [0.1, 0.15) is 0 Å². The molecule has 0 spiro atoms. The Bertz CT molecular complexity index is 752. The smallest absolute Gasteiger partial charge is 0.254 e. The molecule has 112 valence electrons. The van der Waals surface area contributed by atoms with Crippen LogP contribution >= 0.6 is 0 Å². The number of hydrogen-bond donors (Lipinski definition) is 1. The van der Waals surface area contributed by atoms with Crippen LogP contribution in [0.25, 0.3) is 0 Å². The van der Waals surface area contributed by atoms with Crippen molar-refractivity contribution in [3.63, 3.8) is 0 Å². The largest absolute Gasteiger partial charge is 0.479 e. The maximum atomic E-state index is 12.3. The van der Waals surface area contributed by atoms with Crippen LogP contribution in [-0.4, -0.2) is 20.7 Å². The molecule has 0 amide bonds. The lowest BCUT2D eigenvalue weighted by molar-refractivity contribution is 0.325. The zero-order valence-corrected chi connectivity index (χ0v) is 12.4. The summed E-state index contributed by atoms with van der Waals surface area (Å²) in [7, 11) is -2.09. The molecule has 0 unspecified atom stereocenters. The molecule has 0 fully saturated rings. The number of aryl methyl sites for hydroxylation is 2. The van der Waals surface area contributed by atoms with E-state index < -0.39 is 10.0 Å². The quantitative estimate of drug-likeness (QED) is 0.908. The number of nitrogens with one attached hydrogen (secondary N) is 1. The third-order valence-corrected chi connectivity index (χ3v) is 4.96. The van der Waals surface area contributed by atoms with Crippen molar-refractivity contribution in [1.29, 1.82) is 0 Å². The SMILES string of the molecule is COc1cc(CNS(=O)(=O)c2ccc3c(c2)CCC3)on1. The molecule has 21 heavy (non-hydrogen) atoms. The van der Waals surface area contributed by atoms with Gasteiger partial charge in [-0.3, -0.25) is 0 Å². The number of aromatic nitrogens is 1. The van der Waals surface area contributed by atoms with E-state index in [4.69, 9.17) is 9.26 Å². The second-order valence-electron chi connectivity index (χ2n) is 4.94. The first-order valence-corrected chi connectivity index (χ1v) is 8.18. The molecule has 0 saturated heterocycles. The topological polar surface area (TPSA) is 81.4 Å². The number of benzene rings is 1. The molecule has 7 heteroatoms. The van der Waals surface area contributed by atoms with Crippen LogP contribution in [0.3, 0.4) is 0 Å². The molecular weight excluding hydrogens is 292 g/mol. The molecule has 0 aliphatic heterocycles. The number of fused-ring (bicyclic) bond motifs is 1. The van der Waals surface area contributed by atoms with Crippen molar-refractivity contribution >= 4 is 10.0 Å². The third-order valence-electron chi connectivity index (χ3n) is 3.56. The van der Waals surface area contributed by atoms with Gasteiger partial charge in [-0.15, -0.1) is 0 Å². The van der Waals surface area contributed by atoms with E-state index in [1.165, 1.54) is 12.7 Å². The number of hydrogen-bond acceptors (Lipinski definition) is 5. The highest BCUT2D eigenvalue weighted by atomic mass is 32.2. The molecular formula is C14H16N2O4S. The average Bonchev–Trinajstić information content (AvgIpc) is 3.13. The van der Waals surface area contributed by atoms with Crippen molar-refractivity contribution in [2.75, 3.05) is 7.11 Å². The van der Waals surface area contributed by atoms with Crippen LogP contribution in [0.4, 0.5) is 0 Å². The Morgan fingerprint density at radius 1 is 1.29 bits per heavy atom. The summed E-state index contributed by atoms with van der Waals surface area (Å²) in [6.07, 6.45) is 3.06. The molecule has 1 aromatic carbocycles. The van der Waals surface area contributed by atoms with E-state index in [1.54, 1.807) is 18.2 Å². The van der Waals surface area contributed by atoms with E-state index in [9.17, 15) is 8.42 Å². The molecule has 1 heterocycles. The fraction of sp³-hybridized carbons (Fsp3) is 0.357. The summed E-state index contributed by atoms with van der Waals surface area (Å²) in [5.41, 5.74) is 2.37. The van der Waals surface area contributed by atoms with Gasteiger partial charge in [-0.2, -0.15) is 0 Å². The molecule has 3 rings (SSSR count). The molecule has 0 atom stereocenters. The van der Waals surface area contributed by atoms with E-state index in [1.807, 2.05) is 6.07 Å². The monoisotopic (exact) mass is 308 g/mol. The second-order valence-corrected chi connectivity index (χ2v) is 6.71. The van der Waals surface area contributed by atoms with Crippen molar-refractivity contribution in [3.05, 3.63) is 41.2 Å². The molecule has 6 nitrogen and oxygen atoms in total. The summed E-state index contributed by atoms with van der Waals surface area (Å²) in [5.74, 6) is 0.721. The van der Waals surface area contributed by atoms with Gasteiger partial charge >= 0.3 is 0 Å². The minimum absolute atomic E-state index is 0.0375. The van der Waals surface area contributed by atoms with Crippen LogP contribution in [0.15, 0.2) is 33.7 Å². The van der Waals surface area contributed by atoms with Crippen LogP contribution < -0.4 is 9.46 Å². The highest BCUT2D eigenvalue weighted by Gasteiger charge is 2.19. The van der Waals surface area contributed by atoms with Gasteiger partial charge in [-0.25, -0.2) is 13.1 Å². The Morgan fingerprint density at radius 2 is 2.10 bits per heavy atom. The first-order valence-electron chi connectivity index (χ1n) is 6.69. The van der Waals surface area contributed by atoms with Crippen LogP contribution in [0.1, 0.15) is 23.3 Å². The van der Waals surface area contributed by atoms with Crippen molar-refractivity contribution in [2.45, 2.75) is 30.7 Å². The van der Waals surface area contributed by atoms with Gasteiger partial charge in [-0.1, -0.05) is 6.07 Å². The van der Waals surface area contributed by atoms with E-state index in [-0.39, 0.29) is 11.4 Å². The van der Waals surface area contributed by atoms with Crippen LogP contribution in [0, 0.1) is 0 Å². The summed E-state index contributed by atoms with van der Waals surface area (Å²) in [6, 6.07) is 6.85. The zero-order valence-electron chi connectivity index (χ0n) is 11.6. The Labute approximate surface area is 123 Å². The Kier molecular flexibility index (Phi) is 3.69. The second kappa shape index (κ2) is 5.50. The highest BCUT2D eigenvalue weighted by molar-refractivity contribution is 7.89. The summed E-state index contributed by atoms with van der Waals surface area (Å²) in [6.45, 7) is 0.0375. The molecule has 0 radical (unpaired) electrons. The number of ether oxygens (including phenoxy) is 1.